The number of nitrogens with one attached hydrogen (secondary N) is 1. The Morgan fingerprint density at radius 1 is 1.14 bits per heavy atom. The van der Waals surface area contributed by atoms with Crippen molar-refractivity contribution in [1.82, 2.24) is 5.32 Å². The molecule has 0 aliphatic carbocycles. The van der Waals surface area contributed by atoms with E-state index in [1.165, 1.54) is 5.56 Å². The molecule has 0 bridgehead atoms. The first-order valence-electron chi connectivity index (χ1n) is 7.23. The van der Waals surface area contributed by atoms with E-state index in [1.54, 1.807) is 0 Å². The summed E-state index contributed by atoms with van der Waals surface area (Å²) < 4.78 is 5.78. The van der Waals surface area contributed by atoms with Crippen LogP contribution in [0, 0.1) is 13.8 Å². The van der Waals surface area contributed by atoms with Crippen LogP contribution in [0.3, 0.4) is 0 Å². The molecule has 0 aliphatic rings. The summed E-state index contributed by atoms with van der Waals surface area (Å²) in [4.78, 5) is 0. The quantitative estimate of drug-likeness (QED) is 0.867. The molecule has 0 amide bonds. The summed E-state index contributed by atoms with van der Waals surface area (Å²) in [6, 6.07) is 12.5. The van der Waals surface area contributed by atoms with Crippen LogP contribution >= 0.6 is 11.6 Å². The Balaban J connectivity index is 2.49. The number of hydrogen-bond acceptors (Lipinski definition) is 2. The summed E-state index contributed by atoms with van der Waals surface area (Å²) in [5, 5.41) is 4.16. The molecule has 2 nitrogen and oxygen atoms in total. The second-order valence-electron chi connectivity index (χ2n) is 5.20. The zero-order valence-corrected chi connectivity index (χ0v) is 13.8. The normalized spacial score (nSPS) is 12.2. The second kappa shape index (κ2) is 6.97. The molecule has 3 heteroatoms. The minimum absolute atomic E-state index is 0.0598. The van der Waals surface area contributed by atoms with Gasteiger partial charge in [-0.15, -0.1) is 0 Å². The number of hydrogen-bond donors (Lipinski definition) is 1. The SMILES string of the molecule is CCOc1ccc(C)cc1C(NC)c1ccc(C)c(Cl)c1. The molecule has 1 N–H and O–H groups in total. The van der Waals surface area contributed by atoms with Crippen LogP contribution in [0.15, 0.2) is 36.4 Å². The molecule has 0 radical (unpaired) electrons. The Hall–Kier alpha value is -1.51. The zero-order valence-electron chi connectivity index (χ0n) is 13.0. The molecule has 1 atom stereocenters. The number of ether oxygens (including phenoxy) is 1. The van der Waals surface area contributed by atoms with Crippen LogP contribution in [0.2, 0.25) is 5.02 Å². The first kappa shape index (κ1) is 15.9. The van der Waals surface area contributed by atoms with E-state index in [-0.39, 0.29) is 6.04 Å². The van der Waals surface area contributed by atoms with E-state index in [0.717, 1.165) is 27.5 Å². The van der Waals surface area contributed by atoms with Crippen molar-refractivity contribution in [2.24, 2.45) is 0 Å². The van der Waals surface area contributed by atoms with Gasteiger partial charge >= 0.3 is 0 Å². The minimum atomic E-state index is 0.0598. The molecule has 0 spiro atoms. The fourth-order valence-corrected chi connectivity index (χ4v) is 2.66. The lowest BCUT2D eigenvalue weighted by molar-refractivity contribution is 0.334. The van der Waals surface area contributed by atoms with E-state index in [9.17, 15) is 0 Å². The largest absolute Gasteiger partial charge is 0.494 e. The first-order chi connectivity index (χ1) is 10.1. The highest BCUT2D eigenvalue weighted by molar-refractivity contribution is 6.31. The average molecular weight is 304 g/mol. The Kier molecular flexibility index (Phi) is 5.27. The lowest BCUT2D eigenvalue weighted by atomic mass is 9.96. The van der Waals surface area contributed by atoms with Gasteiger partial charge < -0.3 is 10.1 Å². The molecule has 0 saturated heterocycles. The highest BCUT2D eigenvalue weighted by Crippen LogP contribution is 2.32. The predicted molar refractivity (Wildman–Crippen MR) is 89.4 cm³/mol. The maximum atomic E-state index is 6.28. The standard InChI is InChI=1S/C18H22ClNO/c1-5-21-17-9-6-12(2)10-15(17)18(20-4)14-8-7-13(3)16(19)11-14/h6-11,18,20H,5H2,1-4H3. The van der Waals surface area contributed by atoms with Gasteiger partial charge in [0.05, 0.1) is 12.6 Å². The van der Waals surface area contributed by atoms with E-state index in [2.05, 4.69) is 36.5 Å². The summed E-state index contributed by atoms with van der Waals surface area (Å²) in [6.45, 7) is 6.76. The van der Waals surface area contributed by atoms with Gasteiger partial charge in [-0.2, -0.15) is 0 Å². The van der Waals surface area contributed by atoms with Crippen molar-refractivity contribution in [2.75, 3.05) is 13.7 Å². The number of halogens is 1. The molecule has 0 aliphatic heterocycles. The predicted octanol–water partition coefficient (Wildman–Crippen LogP) is 4.66. The summed E-state index contributed by atoms with van der Waals surface area (Å²) in [7, 11) is 1.95. The van der Waals surface area contributed by atoms with Crippen molar-refractivity contribution >= 4 is 11.6 Å². The fourth-order valence-electron chi connectivity index (χ4n) is 2.47. The molecule has 0 saturated carbocycles. The number of rotatable bonds is 5. The topological polar surface area (TPSA) is 21.3 Å². The lowest BCUT2D eigenvalue weighted by Gasteiger charge is -2.21. The maximum Gasteiger partial charge on any atom is 0.124 e. The molecule has 2 aromatic carbocycles. The van der Waals surface area contributed by atoms with Gasteiger partial charge in [0.25, 0.3) is 0 Å². The van der Waals surface area contributed by atoms with Crippen molar-refractivity contribution in [3.63, 3.8) is 0 Å². The molecule has 0 heterocycles. The van der Waals surface area contributed by atoms with Gasteiger partial charge in [0.15, 0.2) is 0 Å². The van der Waals surface area contributed by atoms with E-state index >= 15 is 0 Å². The van der Waals surface area contributed by atoms with Gasteiger partial charge in [-0.25, -0.2) is 0 Å². The van der Waals surface area contributed by atoms with Crippen LogP contribution in [0.4, 0.5) is 0 Å². The summed E-state index contributed by atoms with van der Waals surface area (Å²) >= 11 is 6.28. The minimum Gasteiger partial charge on any atom is -0.494 e. The molecular weight excluding hydrogens is 282 g/mol. The van der Waals surface area contributed by atoms with Crippen LogP contribution < -0.4 is 10.1 Å². The van der Waals surface area contributed by atoms with E-state index in [0.29, 0.717) is 6.61 Å². The van der Waals surface area contributed by atoms with Gasteiger partial charge in [0.1, 0.15) is 5.75 Å². The van der Waals surface area contributed by atoms with Gasteiger partial charge in [0.2, 0.25) is 0 Å². The van der Waals surface area contributed by atoms with Gasteiger partial charge in [0, 0.05) is 10.6 Å². The van der Waals surface area contributed by atoms with Crippen LogP contribution in [-0.4, -0.2) is 13.7 Å². The van der Waals surface area contributed by atoms with E-state index in [1.807, 2.05) is 33.0 Å². The Bertz CT molecular complexity index is 625. The maximum absolute atomic E-state index is 6.28. The van der Waals surface area contributed by atoms with Crippen molar-refractivity contribution in [1.29, 1.82) is 0 Å². The number of benzene rings is 2. The van der Waals surface area contributed by atoms with Crippen LogP contribution in [0.1, 0.15) is 35.2 Å². The van der Waals surface area contributed by atoms with Crippen molar-refractivity contribution in [3.05, 3.63) is 63.7 Å². The lowest BCUT2D eigenvalue weighted by Crippen LogP contribution is -2.19. The first-order valence-corrected chi connectivity index (χ1v) is 7.61. The van der Waals surface area contributed by atoms with Crippen LogP contribution in [-0.2, 0) is 0 Å². The third-order valence-electron chi connectivity index (χ3n) is 3.59. The summed E-state index contributed by atoms with van der Waals surface area (Å²) in [6.07, 6.45) is 0. The van der Waals surface area contributed by atoms with Crippen LogP contribution in [0.5, 0.6) is 5.75 Å². The molecule has 112 valence electrons. The van der Waals surface area contributed by atoms with Crippen molar-refractivity contribution < 1.29 is 4.74 Å². The smallest absolute Gasteiger partial charge is 0.124 e. The second-order valence-corrected chi connectivity index (χ2v) is 5.61. The van der Waals surface area contributed by atoms with E-state index < -0.39 is 0 Å². The fraction of sp³-hybridized carbons (Fsp3) is 0.333. The van der Waals surface area contributed by atoms with Crippen LogP contribution in [0.25, 0.3) is 0 Å². The molecule has 2 aromatic rings. The Morgan fingerprint density at radius 3 is 2.52 bits per heavy atom. The highest BCUT2D eigenvalue weighted by Gasteiger charge is 2.17. The van der Waals surface area contributed by atoms with Gasteiger partial charge in [-0.05, 0) is 51.1 Å². The molecule has 0 aromatic heterocycles. The molecule has 21 heavy (non-hydrogen) atoms. The summed E-state index contributed by atoms with van der Waals surface area (Å²) in [5.74, 6) is 0.916. The monoisotopic (exact) mass is 303 g/mol. The van der Waals surface area contributed by atoms with E-state index in [4.69, 9.17) is 16.3 Å². The molecule has 0 fully saturated rings. The van der Waals surface area contributed by atoms with Crippen molar-refractivity contribution in [2.45, 2.75) is 26.8 Å². The number of aryl methyl sites for hydroxylation is 2. The molecular formula is C18H22ClNO. The average Bonchev–Trinajstić information content (AvgIpc) is 2.46. The van der Waals surface area contributed by atoms with Crippen molar-refractivity contribution in [3.8, 4) is 5.75 Å². The third-order valence-corrected chi connectivity index (χ3v) is 4.00. The Morgan fingerprint density at radius 2 is 1.90 bits per heavy atom. The summed E-state index contributed by atoms with van der Waals surface area (Å²) in [5.41, 5.74) is 4.58. The zero-order chi connectivity index (χ0) is 15.4. The highest BCUT2D eigenvalue weighted by atomic mass is 35.5. The van der Waals surface area contributed by atoms with Gasteiger partial charge in [-0.1, -0.05) is 41.4 Å². The third kappa shape index (κ3) is 3.58. The molecule has 2 rings (SSSR count). The van der Waals surface area contributed by atoms with Gasteiger partial charge in [-0.3, -0.25) is 0 Å². The molecule has 1 unspecified atom stereocenters. The Labute approximate surface area is 132 Å².